The van der Waals surface area contributed by atoms with E-state index in [0.29, 0.717) is 24.5 Å². The Bertz CT molecular complexity index is 442. The maximum absolute atomic E-state index is 10.7. The molecule has 0 saturated heterocycles. The second-order valence-electron chi connectivity index (χ2n) is 4.16. The minimum absolute atomic E-state index is 0.000571. The normalized spacial score (nSPS) is 11.9. The van der Waals surface area contributed by atoms with Crippen LogP contribution in [-0.2, 0) is 22.3 Å². The lowest BCUT2D eigenvalue weighted by molar-refractivity contribution is -0.136. The molecule has 1 atom stereocenters. The minimum Gasteiger partial charge on any atom is -0.771 e. The molecule has 0 bridgehead atoms. The summed E-state index contributed by atoms with van der Waals surface area (Å²) in [5.74, 6) is -0.572. The zero-order valence-electron chi connectivity index (χ0n) is 11.3. The molecule has 20 heavy (non-hydrogen) atoms. The molecule has 0 aliphatic carbocycles. The van der Waals surface area contributed by atoms with Crippen LogP contribution in [-0.4, -0.2) is 32.3 Å². The van der Waals surface area contributed by atoms with E-state index in [1.54, 1.807) is 18.2 Å². The van der Waals surface area contributed by atoms with Gasteiger partial charge in [0.1, 0.15) is 5.75 Å². The zero-order chi connectivity index (χ0) is 15.0. The van der Waals surface area contributed by atoms with Gasteiger partial charge in [0.05, 0.1) is 18.2 Å². The average Bonchev–Trinajstić information content (AvgIpc) is 2.41. The molecule has 1 unspecified atom stereocenters. The van der Waals surface area contributed by atoms with Crippen LogP contribution in [0.15, 0.2) is 18.2 Å². The predicted octanol–water partition coefficient (Wildman–Crippen LogP) is 1.74. The molecule has 0 fully saturated rings. The number of aryl methyl sites for hydroxylation is 1. The number of para-hydroxylation sites is 1. The van der Waals surface area contributed by atoms with E-state index < -0.39 is 17.0 Å². The summed E-state index contributed by atoms with van der Waals surface area (Å²) in [5, 5.41) is 11.5. The largest absolute Gasteiger partial charge is 0.771 e. The van der Waals surface area contributed by atoms with Crippen molar-refractivity contribution in [3.05, 3.63) is 23.8 Å². The van der Waals surface area contributed by atoms with Crippen molar-refractivity contribution in [3.63, 3.8) is 0 Å². The number of carboxylic acids is 1. The summed E-state index contributed by atoms with van der Waals surface area (Å²) in [7, 11) is 0. The van der Waals surface area contributed by atoms with Gasteiger partial charge in [0, 0.05) is 6.42 Å². The Morgan fingerprint density at radius 2 is 2.25 bits per heavy atom. The number of aliphatic carboxylic acids is 1. The van der Waals surface area contributed by atoms with Gasteiger partial charge in [-0.3, -0.25) is 9.00 Å². The van der Waals surface area contributed by atoms with Crippen LogP contribution < -0.4 is 10.1 Å². The second-order valence-corrected chi connectivity index (χ2v) is 5.06. The number of carboxylic acid groups (broad SMARTS) is 1. The number of carbonyl (C=O) groups is 1. The van der Waals surface area contributed by atoms with E-state index in [1.807, 2.05) is 6.92 Å². The molecule has 0 radical (unpaired) electrons. The molecule has 0 heterocycles. The topological polar surface area (TPSA) is 98.7 Å². The fourth-order valence-corrected chi connectivity index (χ4v) is 1.95. The maximum Gasteiger partial charge on any atom is 0.303 e. The molecular weight excluding hydrogens is 282 g/mol. The average molecular weight is 300 g/mol. The van der Waals surface area contributed by atoms with Crippen LogP contribution in [0.25, 0.3) is 0 Å². The highest BCUT2D eigenvalue weighted by Gasteiger charge is 2.11. The van der Waals surface area contributed by atoms with Crippen molar-refractivity contribution in [2.75, 3.05) is 17.8 Å². The van der Waals surface area contributed by atoms with Crippen LogP contribution in [0.2, 0.25) is 0 Å². The molecule has 2 N–H and O–H groups in total. The van der Waals surface area contributed by atoms with Gasteiger partial charge in [-0.05, 0) is 35.6 Å². The first-order valence-electron chi connectivity index (χ1n) is 6.30. The summed E-state index contributed by atoms with van der Waals surface area (Å²) >= 11 is -2.21. The van der Waals surface area contributed by atoms with Crippen LogP contribution in [0.1, 0.15) is 25.3 Å². The van der Waals surface area contributed by atoms with Crippen molar-refractivity contribution < 1.29 is 23.4 Å². The SMILES string of the molecule is CCCOc1c(CCC(=O)O)cccc1NCS(=O)[O-]. The third kappa shape index (κ3) is 5.58. The molecular formula is C13H18NO5S-. The fraction of sp³-hybridized carbons (Fsp3) is 0.462. The third-order valence-corrected chi connectivity index (χ3v) is 2.92. The quantitative estimate of drug-likeness (QED) is 0.674. The van der Waals surface area contributed by atoms with Gasteiger partial charge in [-0.2, -0.15) is 0 Å². The lowest BCUT2D eigenvalue weighted by Crippen LogP contribution is -2.10. The van der Waals surface area contributed by atoms with Crippen molar-refractivity contribution in [2.24, 2.45) is 0 Å². The number of hydrogen-bond donors (Lipinski definition) is 2. The van der Waals surface area contributed by atoms with Crippen molar-refractivity contribution in [1.82, 2.24) is 0 Å². The maximum atomic E-state index is 10.7. The van der Waals surface area contributed by atoms with Crippen LogP contribution in [0.4, 0.5) is 5.69 Å². The van der Waals surface area contributed by atoms with Gasteiger partial charge in [-0.25, -0.2) is 0 Å². The Kier molecular flexibility index (Phi) is 7.03. The first kappa shape index (κ1) is 16.5. The minimum atomic E-state index is -2.21. The van der Waals surface area contributed by atoms with E-state index in [9.17, 15) is 13.6 Å². The van der Waals surface area contributed by atoms with Crippen molar-refractivity contribution >= 4 is 22.7 Å². The van der Waals surface area contributed by atoms with Gasteiger partial charge in [0.25, 0.3) is 0 Å². The third-order valence-electron chi connectivity index (χ3n) is 2.54. The standard InChI is InChI=1S/C13H19NO5S/c1-2-8-19-13-10(6-7-12(15)16)4-3-5-11(13)14-9-20(17)18/h3-5,14H,2,6-9H2,1H3,(H,15,16)(H,17,18)/p-1. The lowest BCUT2D eigenvalue weighted by Gasteiger charge is -2.17. The molecule has 0 spiro atoms. The Hall–Kier alpha value is -1.60. The molecule has 1 aromatic rings. The fourth-order valence-electron chi connectivity index (χ4n) is 1.67. The van der Waals surface area contributed by atoms with Gasteiger partial charge >= 0.3 is 5.97 Å². The van der Waals surface area contributed by atoms with Crippen LogP contribution in [0.5, 0.6) is 5.75 Å². The van der Waals surface area contributed by atoms with Gasteiger partial charge in [-0.15, -0.1) is 0 Å². The summed E-state index contributed by atoms with van der Waals surface area (Å²) in [6.07, 6.45) is 1.14. The first-order chi connectivity index (χ1) is 9.54. The molecule has 0 amide bonds. The van der Waals surface area contributed by atoms with Gasteiger partial charge in [0.2, 0.25) is 0 Å². The molecule has 0 aliphatic heterocycles. The Balaban J connectivity index is 2.92. The number of anilines is 1. The Morgan fingerprint density at radius 1 is 1.50 bits per heavy atom. The van der Waals surface area contributed by atoms with Crippen molar-refractivity contribution in [3.8, 4) is 5.75 Å². The number of benzene rings is 1. The summed E-state index contributed by atoms with van der Waals surface area (Å²) in [5.41, 5.74) is 1.31. The monoisotopic (exact) mass is 300 g/mol. The number of rotatable bonds is 9. The van der Waals surface area contributed by atoms with E-state index >= 15 is 0 Å². The molecule has 0 aromatic heterocycles. The highest BCUT2D eigenvalue weighted by atomic mass is 32.2. The summed E-state index contributed by atoms with van der Waals surface area (Å²) in [6, 6.07) is 5.24. The smallest absolute Gasteiger partial charge is 0.303 e. The van der Waals surface area contributed by atoms with Crippen molar-refractivity contribution in [1.29, 1.82) is 0 Å². The highest BCUT2D eigenvalue weighted by Crippen LogP contribution is 2.30. The van der Waals surface area contributed by atoms with Gasteiger partial charge in [0.15, 0.2) is 0 Å². The molecule has 0 aliphatic rings. The molecule has 112 valence electrons. The van der Waals surface area contributed by atoms with E-state index in [0.717, 1.165) is 12.0 Å². The lowest BCUT2D eigenvalue weighted by atomic mass is 10.1. The molecule has 1 rings (SSSR count). The van der Waals surface area contributed by atoms with Gasteiger partial charge in [-0.1, -0.05) is 19.1 Å². The van der Waals surface area contributed by atoms with Crippen LogP contribution >= 0.6 is 0 Å². The van der Waals surface area contributed by atoms with E-state index in [1.165, 1.54) is 0 Å². The molecule has 7 heteroatoms. The van der Waals surface area contributed by atoms with Gasteiger partial charge < -0.3 is 19.7 Å². The zero-order valence-corrected chi connectivity index (χ0v) is 12.1. The van der Waals surface area contributed by atoms with Crippen LogP contribution in [0.3, 0.4) is 0 Å². The van der Waals surface area contributed by atoms with Crippen LogP contribution in [0, 0.1) is 0 Å². The highest BCUT2D eigenvalue weighted by molar-refractivity contribution is 7.79. The predicted molar refractivity (Wildman–Crippen MR) is 75.6 cm³/mol. The summed E-state index contributed by atoms with van der Waals surface area (Å²) in [6.45, 7) is 2.44. The second kappa shape index (κ2) is 8.55. The van der Waals surface area contributed by atoms with E-state index in [4.69, 9.17) is 9.84 Å². The number of nitrogens with one attached hydrogen (secondary N) is 1. The van der Waals surface area contributed by atoms with E-state index in [2.05, 4.69) is 5.32 Å². The first-order valence-corrected chi connectivity index (χ1v) is 7.55. The summed E-state index contributed by atoms with van der Waals surface area (Å²) < 4.78 is 26.9. The molecule has 1 aromatic carbocycles. The van der Waals surface area contributed by atoms with Crippen molar-refractivity contribution in [2.45, 2.75) is 26.2 Å². The molecule has 6 nitrogen and oxygen atoms in total. The van der Waals surface area contributed by atoms with E-state index in [-0.39, 0.29) is 12.3 Å². The summed E-state index contributed by atoms with van der Waals surface area (Å²) in [4.78, 5) is 10.7. The Labute approximate surface area is 120 Å². The number of ether oxygens (including phenoxy) is 1. The number of hydrogen-bond acceptors (Lipinski definition) is 5. The molecule has 0 saturated carbocycles. The Morgan fingerprint density at radius 3 is 2.85 bits per heavy atom.